The molecule has 0 saturated carbocycles. The zero-order chi connectivity index (χ0) is 9.94. The lowest BCUT2D eigenvalue weighted by Crippen LogP contribution is -2.19. The van der Waals surface area contributed by atoms with Crippen molar-refractivity contribution in [3.63, 3.8) is 0 Å². The summed E-state index contributed by atoms with van der Waals surface area (Å²) in [5.74, 6) is 1.48. The van der Waals surface area contributed by atoms with Crippen LogP contribution in [0, 0.1) is 0 Å². The minimum absolute atomic E-state index is 0.323. The standard InChI is InChI=1S/C8H19N3OS/c1-13-7-6-10-5-3-2-4-8(9)11-12/h10,12H,2-7H2,1H3,(H2,9,11). The first-order valence-electron chi connectivity index (χ1n) is 4.47. The Balaban J connectivity index is 3.00. The largest absolute Gasteiger partial charge is 0.409 e. The molecule has 78 valence electrons. The van der Waals surface area contributed by atoms with Crippen molar-refractivity contribution < 1.29 is 5.21 Å². The summed E-state index contributed by atoms with van der Waals surface area (Å²) >= 11 is 1.84. The molecule has 0 aliphatic carbocycles. The van der Waals surface area contributed by atoms with Gasteiger partial charge in [-0.25, -0.2) is 0 Å². The molecular weight excluding hydrogens is 186 g/mol. The summed E-state index contributed by atoms with van der Waals surface area (Å²) < 4.78 is 0. The third kappa shape index (κ3) is 9.49. The smallest absolute Gasteiger partial charge is 0.139 e. The monoisotopic (exact) mass is 205 g/mol. The average Bonchev–Trinajstić information content (AvgIpc) is 2.16. The number of oxime groups is 1. The first-order valence-corrected chi connectivity index (χ1v) is 5.86. The van der Waals surface area contributed by atoms with Crippen LogP contribution in [0.15, 0.2) is 5.16 Å². The molecule has 0 atom stereocenters. The lowest BCUT2D eigenvalue weighted by molar-refractivity contribution is 0.316. The third-order valence-corrected chi connectivity index (χ3v) is 2.26. The number of nitrogens with zero attached hydrogens (tertiary/aromatic N) is 1. The molecule has 0 bridgehead atoms. The van der Waals surface area contributed by atoms with Crippen LogP contribution < -0.4 is 11.1 Å². The predicted octanol–water partition coefficient (Wildman–Crippen LogP) is 0.856. The Morgan fingerprint density at radius 2 is 2.23 bits per heavy atom. The van der Waals surface area contributed by atoms with Crippen LogP contribution in [0.4, 0.5) is 0 Å². The van der Waals surface area contributed by atoms with Crippen LogP contribution in [0.3, 0.4) is 0 Å². The van der Waals surface area contributed by atoms with Gasteiger partial charge in [-0.3, -0.25) is 0 Å². The SMILES string of the molecule is CSCCNCCCCC(N)=NO. The number of hydrogen-bond acceptors (Lipinski definition) is 4. The Labute approximate surface area is 84.0 Å². The lowest BCUT2D eigenvalue weighted by atomic mass is 10.2. The minimum Gasteiger partial charge on any atom is -0.409 e. The van der Waals surface area contributed by atoms with E-state index in [1.807, 2.05) is 11.8 Å². The van der Waals surface area contributed by atoms with Crippen LogP contribution in [-0.2, 0) is 0 Å². The van der Waals surface area contributed by atoms with Gasteiger partial charge in [0.1, 0.15) is 5.84 Å². The average molecular weight is 205 g/mol. The fourth-order valence-corrected chi connectivity index (χ4v) is 1.25. The molecule has 0 aliphatic rings. The molecule has 5 heteroatoms. The van der Waals surface area contributed by atoms with Gasteiger partial charge in [0.05, 0.1) is 0 Å². The van der Waals surface area contributed by atoms with Crippen molar-refractivity contribution in [1.29, 1.82) is 0 Å². The molecule has 4 nitrogen and oxygen atoms in total. The fourth-order valence-electron chi connectivity index (χ4n) is 0.905. The van der Waals surface area contributed by atoms with Crippen LogP contribution in [0.1, 0.15) is 19.3 Å². The molecule has 0 unspecified atom stereocenters. The maximum atomic E-state index is 8.25. The normalized spacial score (nSPS) is 11.9. The van der Waals surface area contributed by atoms with Gasteiger partial charge in [0.25, 0.3) is 0 Å². The molecule has 0 aromatic rings. The second kappa shape index (κ2) is 9.67. The molecule has 0 aliphatic heterocycles. The maximum Gasteiger partial charge on any atom is 0.139 e. The molecule has 0 aromatic heterocycles. The van der Waals surface area contributed by atoms with Gasteiger partial charge < -0.3 is 16.3 Å². The van der Waals surface area contributed by atoms with Crippen LogP contribution in [0.5, 0.6) is 0 Å². The molecule has 13 heavy (non-hydrogen) atoms. The highest BCUT2D eigenvalue weighted by molar-refractivity contribution is 7.98. The Bertz CT molecular complexity index is 141. The highest BCUT2D eigenvalue weighted by Gasteiger charge is 1.93. The summed E-state index contributed by atoms with van der Waals surface area (Å²) in [6.45, 7) is 2.07. The van der Waals surface area contributed by atoms with Crippen molar-refractivity contribution in [3.8, 4) is 0 Å². The van der Waals surface area contributed by atoms with Crippen molar-refractivity contribution in [2.75, 3.05) is 25.1 Å². The second-order valence-corrected chi connectivity index (χ2v) is 3.78. The Morgan fingerprint density at radius 3 is 2.85 bits per heavy atom. The molecule has 0 amide bonds. The Morgan fingerprint density at radius 1 is 1.46 bits per heavy atom. The molecular formula is C8H19N3OS. The molecule has 0 aromatic carbocycles. The number of hydrogen-bond donors (Lipinski definition) is 3. The van der Waals surface area contributed by atoms with E-state index >= 15 is 0 Å². The lowest BCUT2D eigenvalue weighted by Gasteiger charge is -2.02. The first kappa shape index (κ1) is 12.6. The van der Waals surface area contributed by atoms with Crippen molar-refractivity contribution in [2.24, 2.45) is 10.9 Å². The van der Waals surface area contributed by atoms with E-state index in [0.717, 1.165) is 31.7 Å². The fraction of sp³-hybridized carbons (Fsp3) is 0.875. The minimum atomic E-state index is 0.323. The molecule has 0 rings (SSSR count). The van der Waals surface area contributed by atoms with E-state index in [2.05, 4.69) is 16.7 Å². The summed E-state index contributed by atoms with van der Waals surface area (Å²) in [6, 6.07) is 0. The van der Waals surface area contributed by atoms with Gasteiger partial charge in [0.15, 0.2) is 0 Å². The summed E-state index contributed by atoms with van der Waals surface area (Å²) in [5.41, 5.74) is 5.31. The Hall–Kier alpha value is -0.420. The van der Waals surface area contributed by atoms with Crippen LogP contribution in [-0.4, -0.2) is 36.1 Å². The molecule has 0 spiro atoms. The van der Waals surface area contributed by atoms with Gasteiger partial charge in [-0.1, -0.05) is 5.16 Å². The van der Waals surface area contributed by atoms with Gasteiger partial charge in [0, 0.05) is 18.7 Å². The summed E-state index contributed by atoms with van der Waals surface area (Å²) in [7, 11) is 0. The predicted molar refractivity (Wildman–Crippen MR) is 58.5 cm³/mol. The van der Waals surface area contributed by atoms with Gasteiger partial charge >= 0.3 is 0 Å². The number of rotatable bonds is 8. The molecule has 4 N–H and O–H groups in total. The molecule has 0 saturated heterocycles. The van der Waals surface area contributed by atoms with E-state index in [1.54, 1.807) is 0 Å². The van der Waals surface area contributed by atoms with Crippen molar-refractivity contribution in [2.45, 2.75) is 19.3 Å². The highest BCUT2D eigenvalue weighted by Crippen LogP contribution is 1.94. The van der Waals surface area contributed by atoms with E-state index < -0.39 is 0 Å². The second-order valence-electron chi connectivity index (χ2n) is 2.79. The van der Waals surface area contributed by atoms with Crippen LogP contribution >= 0.6 is 11.8 Å². The van der Waals surface area contributed by atoms with Gasteiger partial charge in [-0.2, -0.15) is 11.8 Å². The number of thioether (sulfide) groups is 1. The zero-order valence-electron chi connectivity index (χ0n) is 8.12. The topological polar surface area (TPSA) is 70.6 Å². The first-order chi connectivity index (χ1) is 6.31. The Kier molecular flexibility index (Phi) is 9.35. The van der Waals surface area contributed by atoms with Crippen LogP contribution in [0.25, 0.3) is 0 Å². The van der Waals surface area contributed by atoms with Gasteiger partial charge in [0.2, 0.25) is 0 Å². The van der Waals surface area contributed by atoms with Crippen molar-refractivity contribution in [3.05, 3.63) is 0 Å². The van der Waals surface area contributed by atoms with Crippen molar-refractivity contribution >= 4 is 17.6 Å². The van der Waals surface area contributed by atoms with E-state index in [0.29, 0.717) is 12.3 Å². The van der Waals surface area contributed by atoms with E-state index in [4.69, 9.17) is 10.9 Å². The van der Waals surface area contributed by atoms with Gasteiger partial charge in [-0.15, -0.1) is 0 Å². The molecule has 0 radical (unpaired) electrons. The summed E-state index contributed by atoms with van der Waals surface area (Å²) in [6.07, 6.45) is 4.83. The summed E-state index contributed by atoms with van der Waals surface area (Å²) in [5, 5.41) is 14.5. The number of unbranched alkanes of at least 4 members (excludes halogenated alkanes) is 1. The summed E-state index contributed by atoms with van der Waals surface area (Å²) in [4.78, 5) is 0. The van der Waals surface area contributed by atoms with Crippen LogP contribution in [0.2, 0.25) is 0 Å². The van der Waals surface area contributed by atoms with E-state index in [-0.39, 0.29) is 0 Å². The number of nitrogens with one attached hydrogen (secondary N) is 1. The maximum absolute atomic E-state index is 8.25. The van der Waals surface area contributed by atoms with Crippen molar-refractivity contribution in [1.82, 2.24) is 5.32 Å². The molecule has 0 fully saturated rings. The highest BCUT2D eigenvalue weighted by atomic mass is 32.2. The molecule has 0 heterocycles. The number of nitrogens with two attached hydrogens (primary N) is 1. The quantitative estimate of drug-likeness (QED) is 0.181. The third-order valence-electron chi connectivity index (χ3n) is 1.65. The van der Waals surface area contributed by atoms with E-state index in [1.165, 1.54) is 0 Å². The zero-order valence-corrected chi connectivity index (χ0v) is 8.94. The number of amidine groups is 1. The van der Waals surface area contributed by atoms with E-state index in [9.17, 15) is 0 Å². The van der Waals surface area contributed by atoms with Gasteiger partial charge in [-0.05, 0) is 25.6 Å².